The highest BCUT2D eigenvalue weighted by Crippen LogP contribution is 2.30. The summed E-state index contributed by atoms with van der Waals surface area (Å²) in [7, 11) is 1.77. The van der Waals surface area contributed by atoms with Crippen molar-refractivity contribution in [3.8, 4) is 0 Å². The molecule has 3 heteroatoms. The Bertz CT molecular complexity index is 180. The molecule has 1 aliphatic rings. The van der Waals surface area contributed by atoms with Crippen molar-refractivity contribution in [3.05, 3.63) is 0 Å². The van der Waals surface area contributed by atoms with Crippen LogP contribution in [0.2, 0.25) is 0 Å². The van der Waals surface area contributed by atoms with Gasteiger partial charge in [-0.05, 0) is 32.2 Å². The first kappa shape index (κ1) is 12.9. The Hall–Kier alpha value is -0.120. The molecule has 0 spiro atoms. The van der Waals surface area contributed by atoms with Gasteiger partial charge in [-0.3, -0.25) is 4.90 Å². The Morgan fingerprint density at radius 2 is 2.20 bits per heavy atom. The third-order valence-electron chi connectivity index (χ3n) is 3.91. The van der Waals surface area contributed by atoms with Gasteiger partial charge in [0.2, 0.25) is 0 Å². The van der Waals surface area contributed by atoms with Crippen molar-refractivity contribution in [2.75, 3.05) is 26.8 Å². The molecule has 0 aromatic rings. The molecule has 0 aliphatic carbocycles. The van der Waals surface area contributed by atoms with Gasteiger partial charge in [0, 0.05) is 19.7 Å². The second-order valence-corrected chi connectivity index (χ2v) is 4.61. The highest BCUT2D eigenvalue weighted by Gasteiger charge is 2.39. The van der Waals surface area contributed by atoms with E-state index in [1.165, 1.54) is 25.8 Å². The van der Waals surface area contributed by atoms with Gasteiger partial charge in [0.15, 0.2) is 0 Å². The molecule has 15 heavy (non-hydrogen) atoms. The molecule has 3 nitrogen and oxygen atoms in total. The number of ether oxygens (including phenoxy) is 1. The van der Waals surface area contributed by atoms with E-state index in [1.54, 1.807) is 7.11 Å². The summed E-state index contributed by atoms with van der Waals surface area (Å²) in [5, 5.41) is 0. The molecule has 1 rings (SSSR count). The number of hydrogen-bond donors (Lipinski definition) is 1. The second kappa shape index (κ2) is 5.83. The van der Waals surface area contributed by atoms with E-state index < -0.39 is 0 Å². The molecule has 0 amide bonds. The van der Waals surface area contributed by atoms with Gasteiger partial charge in [0.1, 0.15) is 0 Å². The number of methoxy groups -OCH3 is 1. The molecule has 1 saturated heterocycles. The van der Waals surface area contributed by atoms with E-state index in [-0.39, 0.29) is 5.54 Å². The van der Waals surface area contributed by atoms with Crippen LogP contribution < -0.4 is 5.73 Å². The van der Waals surface area contributed by atoms with Crippen LogP contribution in [0.5, 0.6) is 0 Å². The largest absolute Gasteiger partial charge is 0.383 e. The Labute approximate surface area is 94.0 Å². The van der Waals surface area contributed by atoms with E-state index in [2.05, 4.69) is 18.7 Å². The van der Waals surface area contributed by atoms with Gasteiger partial charge in [-0.15, -0.1) is 0 Å². The molecule has 1 aliphatic heterocycles. The predicted molar refractivity (Wildman–Crippen MR) is 64.0 cm³/mol. The zero-order chi connectivity index (χ0) is 11.3. The predicted octanol–water partition coefficient (Wildman–Crippen LogP) is 1.61. The van der Waals surface area contributed by atoms with Crippen LogP contribution in [0.15, 0.2) is 0 Å². The van der Waals surface area contributed by atoms with E-state index in [1.807, 2.05) is 0 Å². The summed E-state index contributed by atoms with van der Waals surface area (Å²) < 4.78 is 5.37. The first-order chi connectivity index (χ1) is 7.24. The third-order valence-corrected chi connectivity index (χ3v) is 3.91. The van der Waals surface area contributed by atoms with Gasteiger partial charge in [-0.25, -0.2) is 0 Å². The molecular weight excluding hydrogens is 188 g/mol. The van der Waals surface area contributed by atoms with Crippen molar-refractivity contribution in [2.45, 2.75) is 51.1 Å². The summed E-state index contributed by atoms with van der Waals surface area (Å²) in [4.78, 5) is 2.59. The summed E-state index contributed by atoms with van der Waals surface area (Å²) in [6.07, 6.45) is 4.94. The van der Waals surface area contributed by atoms with Crippen molar-refractivity contribution in [1.29, 1.82) is 0 Å². The maximum Gasteiger partial charge on any atom is 0.0659 e. The maximum atomic E-state index is 5.98. The number of likely N-dealkylation sites (tertiary alicyclic amines) is 1. The molecule has 1 fully saturated rings. The van der Waals surface area contributed by atoms with E-state index in [0.717, 1.165) is 13.0 Å². The summed E-state index contributed by atoms with van der Waals surface area (Å²) in [5.41, 5.74) is 6.05. The summed E-state index contributed by atoms with van der Waals surface area (Å²) in [5.74, 6) is 0. The minimum Gasteiger partial charge on any atom is -0.383 e. The molecule has 90 valence electrons. The van der Waals surface area contributed by atoms with Crippen LogP contribution in [0.1, 0.15) is 39.5 Å². The molecule has 0 bridgehead atoms. The standard InChI is InChI=1S/C12H26N2O/c1-4-11-7-6-8-14(11)12(5-2,9-13)10-15-3/h11H,4-10,13H2,1-3H3. The van der Waals surface area contributed by atoms with Crippen LogP contribution >= 0.6 is 0 Å². The number of hydrogen-bond acceptors (Lipinski definition) is 3. The summed E-state index contributed by atoms with van der Waals surface area (Å²) in [6.45, 7) is 7.14. The number of nitrogens with zero attached hydrogens (tertiary/aromatic N) is 1. The minimum atomic E-state index is 0.0753. The molecule has 2 unspecified atom stereocenters. The van der Waals surface area contributed by atoms with Crippen molar-refractivity contribution in [2.24, 2.45) is 5.73 Å². The molecule has 0 radical (unpaired) electrons. The summed E-state index contributed by atoms with van der Waals surface area (Å²) in [6, 6.07) is 0.712. The highest BCUT2D eigenvalue weighted by atomic mass is 16.5. The third kappa shape index (κ3) is 2.52. The average Bonchev–Trinajstić information content (AvgIpc) is 2.74. The topological polar surface area (TPSA) is 38.5 Å². The lowest BCUT2D eigenvalue weighted by atomic mass is 9.93. The van der Waals surface area contributed by atoms with Gasteiger partial charge < -0.3 is 10.5 Å². The SMILES string of the molecule is CCC1CCCN1C(CC)(CN)COC. The molecular formula is C12H26N2O. The lowest BCUT2D eigenvalue weighted by Gasteiger charge is -2.43. The first-order valence-corrected chi connectivity index (χ1v) is 6.19. The van der Waals surface area contributed by atoms with E-state index in [9.17, 15) is 0 Å². The van der Waals surface area contributed by atoms with Gasteiger partial charge in [-0.1, -0.05) is 13.8 Å². The van der Waals surface area contributed by atoms with Crippen molar-refractivity contribution >= 4 is 0 Å². The molecule has 0 aromatic carbocycles. The second-order valence-electron chi connectivity index (χ2n) is 4.61. The zero-order valence-electron chi connectivity index (χ0n) is 10.5. The fraction of sp³-hybridized carbons (Fsp3) is 1.00. The Morgan fingerprint density at radius 3 is 2.67 bits per heavy atom. The van der Waals surface area contributed by atoms with Gasteiger partial charge >= 0.3 is 0 Å². The number of rotatable bonds is 6. The van der Waals surface area contributed by atoms with E-state index >= 15 is 0 Å². The lowest BCUT2D eigenvalue weighted by molar-refractivity contribution is 0.00298. The van der Waals surface area contributed by atoms with Crippen LogP contribution in [0.25, 0.3) is 0 Å². The van der Waals surface area contributed by atoms with Crippen molar-refractivity contribution < 1.29 is 4.74 Å². The number of nitrogens with two attached hydrogens (primary N) is 1. The van der Waals surface area contributed by atoms with E-state index in [0.29, 0.717) is 12.6 Å². The van der Waals surface area contributed by atoms with Gasteiger partial charge in [0.25, 0.3) is 0 Å². The zero-order valence-corrected chi connectivity index (χ0v) is 10.5. The minimum absolute atomic E-state index is 0.0753. The van der Waals surface area contributed by atoms with Gasteiger partial charge in [-0.2, -0.15) is 0 Å². The van der Waals surface area contributed by atoms with Crippen LogP contribution in [-0.2, 0) is 4.74 Å². The van der Waals surface area contributed by atoms with Crippen LogP contribution in [0.3, 0.4) is 0 Å². The van der Waals surface area contributed by atoms with Crippen molar-refractivity contribution in [3.63, 3.8) is 0 Å². The normalized spacial score (nSPS) is 26.8. The summed E-state index contributed by atoms with van der Waals surface area (Å²) >= 11 is 0. The maximum absolute atomic E-state index is 5.98. The Balaban J connectivity index is 2.77. The molecule has 0 aromatic heterocycles. The Kier molecular flexibility index (Phi) is 5.03. The van der Waals surface area contributed by atoms with Crippen LogP contribution in [0.4, 0.5) is 0 Å². The van der Waals surface area contributed by atoms with Gasteiger partial charge in [0.05, 0.1) is 12.1 Å². The highest BCUT2D eigenvalue weighted by molar-refractivity contribution is 4.96. The van der Waals surface area contributed by atoms with E-state index in [4.69, 9.17) is 10.5 Å². The monoisotopic (exact) mass is 214 g/mol. The van der Waals surface area contributed by atoms with Crippen LogP contribution in [0, 0.1) is 0 Å². The molecule has 2 atom stereocenters. The lowest BCUT2D eigenvalue weighted by Crippen LogP contribution is -2.58. The molecule has 2 N–H and O–H groups in total. The van der Waals surface area contributed by atoms with Crippen molar-refractivity contribution in [1.82, 2.24) is 4.90 Å². The fourth-order valence-corrected chi connectivity index (χ4v) is 2.86. The average molecular weight is 214 g/mol. The quantitative estimate of drug-likeness (QED) is 0.730. The fourth-order valence-electron chi connectivity index (χ4n) is 2.86. The van der Waals surface area contributed by atoms with Crippen LogP contribution in [-0.4, -0.2) is 43.3 Å². The Morgan fingerprint density at radius 1 is 1.47 bits per heavy atom. The smallest absolute Gasteiger partial charge is 0.0659 e. The first-order valence-electron chi connectivity index (χ1n) is 6.19. The molecule has 1 heterocycles. The molecule has 0 saturated carbocycles.